The summed E-state index contributed by atoms with van der Waals surface area (Å²) < 4.78 is 0. The van der Waals surface area contributed by atoms with Gasteiger partial charge in [0, 0.05) is 22.9 Å². The lowest BCUT2D eigenvalue weighted by atomic mass is 10.2. The third kappa shape index (κ3) is 3.18. The van der Waals surface area contributed by atoms with E-state index in [1.165, 1.54) is 0 Å². The highest BCUT2D eigenvalue weighted by Gasteiger charge is 2.07. The second-order valence-electron chi connectivity index (χ2n) is 3.76. The Balaban J connectivity index is 2.21. The van der Waals surface area contributed by atoms with Crippen molar-refractivity contribution in [2.24, 2.45) is 0 Å². The Kier molecular flexibility index (Phi) is 4.37. The summed E-state index contributed by atoms with van der Waals surface area (Å²) in [6.07, 6.45) is 1.83. The molecule has 0 saturated heterocycles. The van der Waals surface area contributed by atoms with Crippen LogP contribution >= 0.6 is 34.5 Å². The third-order valence-corrected chi connectivity index (χ3v) is 4.12. The smallest absolute Gasteiger partial charge is 0.143 e. The fourth-order valence-electron chi connectivity index (χ4n) is 1.42. The minimum atomic E-state index is 0.658. The van der Waals surface area contributed by atoms with E-state index in [9.17, 15) is 0 Å². The quantitative estimate of drug-likeness (QED) is 0.782. The minimum absolute atomic E-state index is 0.658. The van der Waals surface area contributed by atoms with Gasteiger partial charge in [-0.05, 0) is 25.0 Å². The molecule has 17 heavy (non-hydrogen) atoms. The Labute approximate surface area is 115 Å². The van der Waals surface area contributed by atoms with Crippen molar-refractivity contribution in [2.45, 2.75) is 19.8 Å². The maximum atomic E-state index is 6.09. The van der Waals surface area contributed by atoms with Crippen LogP contribution in [0.3, 0.4) is 0 Å². The first kappa shape index (κ1) is 12.8. The molecule has 0 saturated carbocycles. The highest BCUT2D eigenvalue weighted by atomic mass is 35.5. The number of nitrogens with zero attached hydrogens (tertiary/aromatic N) is 2. The molecule has 0 aliphatic rings. The van der Waals surface area contributed by atoms with Crippen molar-refractivity contribution >= 4 is 34.5 Å². The van der Waals surface area contributed by atoms with E-state index in [4.69, 9.17) is 23.2 Å². The van der Waals surface area contributed by atoms with Crippen LogP contribution in [-0.4, -0.2) is 16.1 Å². The normalized spacial score (nSPS) is 10.8. The van der Waals surface area contributed by atoms with Crippen molar-refractivity contribution in [1.29, 1.82) is 0 Å². The van der Waals surface area contributed by atoms with Crippen LogP contribution in [0.2, 0.25) is 5.02 Å². The number of aryl methyl sites for hydroxylation is 2. The van der Waals surface area contributed by atoms with Crippen LogP contribution in [0.15, 0.2) is 18.2 Å². The lowest BCUT2D eigenvalue weighted by molar-refractivity contribution is 0.884. The van der Waals surface area contributed by atoms with Crippen LogP contribution in [0.5, 0.6) is 0 Å². The zero-order chi connectivity index (χ0) is 12.3. The summed E-state index contributed by atoms with van der Waals surface area (Å²) >= 11 is 13.3. The number of hydrogen-bond donors (Lipinski definition) is 0. The van der Waals surface area contributed by atoms with Crippen molar-refractivity contribution < 1.29 is 0 Å². The lowest BCUT2D eigenvalue weighted by Crippen LogP contribution is -1.84. The zero-order valence-electron chi connectivity index (χ0n) is 9.41. The summed E-state index contributed by atoms with van der Waals surface area (Å²) in [5.74, 6) is 0.658. The van der Waals surface area contributed by atoms with Gasteiger partial charge >= 0.3 is 0 Å². The van der Waals surface area contributed by atoms with Gasteiger partial charge in [-0.2, -0.15) is 0 Å². The highest BCUT2D eigenvalue weighted by molar-refractivity contribution is 7.14. The van der Waals surface area contributed by atoms with Gasteiger partial charge < -0.3 is 0 Å². The van der Waals surface area contributed by atoms with E-state index < -0.39 is 0 Å². The second-order valence-corrected chi connectivity index (χ2v) is 5.60. The average molecular weight is 287 g/mol. The zero-order valence-corrected chi connectivity index (χ0v) is 11.7. The number of rotatable bonds is 4. The Morgan fingerprint density at radius 2 is 2.12 bits per heavy atom. The molecule has 5 heteroatoms. The molecule has 1 aromatic heterocycles. The van der Waals surface area contributed by atoms with Crippen LogP contribution in [0.25, 0.3) is 10.6 Å². The lowest BCUT2D eigenvalue weighted by Gasteiger charge is -1.99. The van der Waals surface area contributed by atoms with Gasteiger partial charge in [-0.1, -0.05) is 35.1 Å². The maximum Gasteiger partial charge on any atom is 0.147 e. The van der Waals surface area contributed by atoms with Crippen LogP contribution in [0.1, 0.15) is 17.0 Å². The average Bonchev–Trinajstić information content (AvgIpc) is 2.79. The van der Waals surface area contributed by atoms with Gasteiger partial charge in [0.25, 0.3) is 0 Å². The van der Waals surface area contributed by atoms with Gasteiger partial charge in [0.1, 0.15) is 10.0 Å². The van der Waals surface area contributed by atoms with E-state index >= 15 is 0 Å². The first-order valence-corrected chi connectivity index (χ1v) is 7.08. The predicted octanol–water partition coefficient (Wildman–Crippen LogP) is 4.34. The molecular weight excluding hydrogens is 275 g/mol. The van der Waals surface area contributed by atoms with E-state index in [-0.39, 0.29) is 0 Å². The van der Waals surface area contributed by atoms with E-state index in [0.29, 0.717) is 5.88 Å². The molecule has 90 valence electrons. The topological polar surface area (TPSA) is 25.8 Å². The van der Waals surface area contributed by atoms with Crippen LogP contribution in [0.4, 0.5) is 0 Å². The molecular formula is C12H12Cl2N2S. The molecule has 0 bridgehead atoms. The molecule has 0 fully saturated rings. The molecule has 0 aliphatic heterocycles. The SMILES string of the molecule is Cc1ccc(-c2nnc(CCCCl)s2)cc1Cl. The fourth-order valence-corrected chi connectivity index (χ4v) is 2.61. The molecule has 0 N–H and O–H groups in total. The van der Waals surface area contributed by atoms with E-state index in [1.807, 2.05) is 25.1 Å². The number of alkyl halides is 1. The molecule has 0 aliphatic carbocycles. The van der Waals surface area contributed by atoms with Gasteiger partial charge in [0.2, 0.25) is 0 Å². The first-order chi connectivity index (χ1) is 8.20. The largest absolute Gasteiger partial charge is 0.147 e. The Hall–Kier alpha value is -0.640. The molecule has 2 rings (SSSR count). The molecule has 0 spiro atoms. The number of hydrogen-bond acceptors (Lipinski definition) is 3. The molecule has 0 atom stereocenters. The molecule has 0 amide bonds. The van der Waals surface area contributed by atoms with Gasteiger partial charge in [-0.3, -0.25) is 0 Å². The molecule has 1 heterocycles. The predicted molar refractivity (Wildman–Crippen MR) is 74.1 cm³/mol. The first-order valence-electron chi connectivity index (χ1n) is 5.35. The van der Waals surface area contributed by atoms with Crippen molar-refractivity contribution in [3.8, 4) is 10.6 Å². The Morgan fingerprint density at radius 3 is 2.82 bits per heavy atom. The molecule has 0 unspecified atom stereocenters. The monoisotopic (exact) mass is 286 g/mol. The summed E-state index contributed by atoms with van der Waals surface area (Å²) in [5, 5.41) is 11.0. The van der Waals surface area contributed by atoms with Crippen LogP contribution in [-0.2, 0) is 6.42 Å². The fraction of sp³-hybridized carbons (Fsp3) is 0.333. The summed E-state index contributed by atoms with van der Waals surface area (Å²) in [7, 11) is 0. The second kappa shape index (κ2) is 5.80. The van der Waals surface area contributed by atoms with Gasteiger partial charge in [-0.15, -0.1) is 21.8 Å². The third-order valence-electron chi connectivity index (χ3n) is 2.41. The minimum Gasteiger partial charge on any atom is -0.143 e. The van der Waals surface area contributed by atoms with E-state index in [2.05, 4.69) is 10.2 Å². The Morgan fingerprint density at radius 1 is 1.29 bits per heavy atom. The van der Waals surface area contributed by atoms with E-state index in [0.717, 1.165) is 39.0 Å². The summed E-state index contributed by atoms with van der Waals surface area (Å²) in [5.41, 5.74) is 2.09. The number of benzene rings is 1. The van der Waals surface area contributed by atoms with Gasteiger partial charge in [-0.25, -0.2) is 0 Å². The Bertz CT molecular complexity index is 511. The van der Waals surface area contributed by atoms with Crippen molar-refractivity contribution in [2.75, 3.05) is 5.88 Å². The molecule has 2 nitrogen and oxygen atoms in total. The molecule has 2 aromatic rings. The van der Waals surface area contributed by atoms with Crippen molar-refractivity contribution in [3.63, 3.8) is 0 Å². The summed E-state index contributed by atoms with van der Waals surface area (Å²) in [4.78, 5) is 0. The van der Waals surface area contributed by atoms with Crippen molar-refractivity contribution in [1.82, 2.24) is 10.2 Å². The summed E-state index contributed by atoms with van der Waals surface area (Å²) in [6.45, 7) is 1.98. The summed E-state index contributed by atoms with van der Waals surface area (Å²) in [6, 6.07) is 5.95. The van der Waals surface area contributed by atoms with Gasteiger partial charge in [0.15, 0.2) is 0 Å². The molecule has 0 radical (unpaired) electrons. The standard InChI is InChI=1S/C12H12Cl2N2S/c1-8-4-5-9(7-10(8)14)12-16-15-11(17-12)3-2-6-13/h4-5,7H,2-3,6H2,1H3. The van der Waals surface area contributed by atoms with E-state index in [1.54, 1.807) is 11.3 Å². The van der Waals surface area contributed by atoms with Crippen LogP contribution < -0.4 is 0 Å². The van der Waals surface area contributed by atoms with Crippen LogP contribution in [0, 0.1) is 6.92 Å². The number of halogens is 2. The highest BCUT2D eigenvalue weighted by Crippen LogP contribution is 2.28. The number of aromatic nitrogens is 2. The van der Waals surface area contributed by atoms with Gasteiger partial charge in [0.05, 0.1) is 0 Å². The van der Waals surface area contributed by atoms with Crippen molar-refractivity contribution in [3.05, 3.63) is 33.8 Å². The maximum absolute atomic E-state index is 6.09. The molecule has 1 aromatic carbocycles.